The van der Waals surface area contributed by atoms with E-state index < -0.39 is 0 Å². The molecule has 0 spiro atoms. The third kappa shape index (κ3) is 3.55. The fraction of sp³-hybridized carbons (Fsp3) is 0.583. The van der Waals surface area contributed by atoms with Crippen molar-refractivity contribution in [2.75, 3.05) is 18.5 Å². The molecule has 1 aromatic rings. The molecule has 1 aliphatic rings. The van der Waals surface area contributed by atoms with Crippen molar-refractivity contribution in [3.8, 4) is 6.07 Å². The summed E-state index contributed by atoms with van der Waals surface area (Å²) in [6.07, 6.45) is 4.65. The molecule has 3 atom stereocenters. The summed E-state index contributed by atoms with van der Waals surface area (Å²) in [7, 11) is 1.94. The Kier molecular flexibility index (Phi) is 5.09. The fourth-order valence-electron chi connectivity index (χ4n) is 2.23. The van der Waals surface area contributed by atoms with Gasteiger partial charge in [-0.3, -0.25) is 10.4 Å². The van der Waals surface area contributed by atoms with Crippen LogP contribution in [-0.2, 0) is 0 Å². The lowest BCUT2D eigenvalue weighted by Gasteiger charge is -2.19. The van der Waals surface area contributed by atoms with Crippen LogP contribution in [0.4, 0.5) is 5.82 Å². The van der Waals surface area contributed by atoms with Crippen molar-refractivity contribution in [3.63, 3.8) is 0 Å². The zero-order valence-corrected chi connectivity index (χ0v) is 12.0. The average molecular weight is 296 g/mol. The summed E-state index contributed by atoms with van der Waals surface area (Å²) < 4.78 is 0. The van der Waals surface area contributed by atoms with Crippen LogP contribution in [-0.4, -0.2) is 35.8 Å². The van der Waals surface area contributed by atoms with Crippen LogP contribution in [0.5, 0.6) is 0 Å². The second kappa shape index (κ2) is 6.81. The summed E-state index contributed by atoms with van der Waals surface area (Å²) >= 11 is 5.81. The van der Waals surface area contributed by atoms with Gasteiger partial charge in [-0.25, -0.2) is 10.4 Å². The van der Waals surface area contributed by atoms with Crippen molar-refractivity contribution in [3.05, 3.63) is 17.5 Å². The quantitative estimate of drug-likeness (QED) is 0.715. The largest absolute Gasteiger partial charge is 0.358 e. The van der Waals surface area contributed by atoms with Gasteiger partial charge in [0.1, 0.15) is 11.0 Å². The predicted molar refractivity (Wildman–Crippen MR) is 76.7 cm³/mol. The molecule has 1 aliphatic heterocycles. The molecule has 3 unspecified atom stereocenters. The highest BCUT2D eigenvalue weighted by molar-refractivity contribution is 6.29. The van der Waals surface area contributed by atoms with Gasteiger partial charge in [-0.2, -0.15) is 5.26 Å². The van der Waals surface area contributed by atoms with Crippen LogP contribution >= 0.6 is 11.6 Å². The van der Waals surface area contributed by atoms with Crippen molar-refractivity contribution in [2.45, 2.75) is 25.0 Å². The minimum atomic E-state index is -0.304. The summed E-state index contributed by atoms with van der Waals surface area (Å²) in [5, 5.41) is 9.45. The highest BCUT2D eigenvalue weighted by Crippen LogP contribution is 2.17. The maximum atomic E-state index is 9.07. The van der Waals surface area contributed by atoms with E-state index in [4.69, 9.17) is 22.6 Å². The van der Waals surface area contributed by atoms with Gasteiger partial charge in [-0.05, 0) is 12.8 Å². The number of aromatic nitrogens is 2. The Balaban J connectivity index is 1.80. The molecule has 0 aromatic carbocycles. The number of nitrogens with one attached hydrogen (secondary N) is 2. The first-order valence-electron chi connectivity index (χ1n) is 6.46. The molecular formula is C12H18ClN7. The van der Waals surface area contributed by atoms with Gasteiger partial charge >= 0.3 is 0 Å². The number of hydrogen-bond donors (Lipinski definition) is 3. The van der Waals surface area contributed by atoms with Crippen molar-refractivity contribution in [1.82, 2.24) is 20.8 Å². The second-order valence-electron chi connectivity index (χ2n) is 4.84. The number of hydrogen-bond acceptors (Lipinski definition) is 7. The van der Waals surface area contributed by atoms with Crippen molar-refractivity contribution < 1.29 is 0 Å². The van der Waals surface area contributed by atoms with E-state index in [1.165, 1.54) is 6.20 Å². The number of nitrogens with zero attached hydrogens (tertiary/aromatic N) is 4. The van der Waals surface area contributed by atoms with E-state index in [-0.39, 0.29) is 18.1 Å². The van der Waals surface area contributed by atoms with Gasteiger partial charge in [0.25, 0.3) is 0 Å². The van der Waals surface area contributed by atoms with Crippen molar-refractivity contribution in [1.29, 1.82) is 5.26 Å². The van der Waals surface area contributed by atoms with Crippen molar-refractivity contribution >= 4 is 17.4 Å². The van der Waals surface area contributed by atoms with E-state index in [0.717, 1.165) is 25.2 Å². The minimum absolute atomic E-state index is 0.0776. The topological polar surface area (TPSA) is 103 Å². The summed E-state index contributed by atoms with van der Waals surface area (Å²) in [6, 6.07) is 2.32. The highest BCUT2D eigenvalue weighted by atomic mass is 35.5. The monoisotopic (exact) mass is 295 g/mol. The van der Waals surface area contributed by atoms with Gasteiger partial charge in [0.05, 0.1) is 30.5 Å². The Morgan fingerprint density at radius 2 is 2.30 bits per heavy atom. The molecule has 7 nitrogen and oxygen atoms in total. The van der Waals surface area contributed by atoms with Gasteiger partial charge < -0.3 is 10.6 Å². The SMILES string of the molecule is CN(CCCC1NNC(N)C1C#N)c1cncc(Cl)n1. The average Bonchev–Trinajstić information content (AvgIpc) is 2.79. The van der Waals surface area contributed by atoms with Gasteiger partial charge in [0.2, 0.25) is 0 Å². The summed E-state index contributed by atoms with van der Waals surface area (Å²) in [4.78, 5) is 10.2. The van der Waals surface area contributed by atoms with E-state index in [0.29, 0.717) is 5.15 Å². The molecule has 0 aliphatic carbocycles. The Hall–Kier alpha value is -1.46. The number of rotatable bonds is 5. The van der Waals surface area contributed by atoms with Crippen LogP contribution in [0.25, 0.3) is 0 Å². The van der Waals surface area contributed by atoms with E-state index in [9.17, 15) is 0 Å². The van der Waals surface area contributed by atoms with Crippen LogP contribution in [0, 0.1) is 17.2 Å². The number of nitrogens with two attached hydrogens (primary N) is 1. The molecule has 1 fully saturated rings. The minimum Gasteiger partial charge on any atom is -0.358 e. The third-order valence-electron chi connectivity index (χ3n) is 3.40. The van der Waals surface area contributed by atoms with Crippen LogP contribution in [0.2, 0.25) is 5.15 Å². The molecular weight excluding hydrogens is 278 g/mol. The molecule has 0 saturated carbocycles. The Bertz CT molecular complexity index is 489. The Morgan fingerprint density at radius 1 is 1.50 bits per heavy atom. The maximum absolute atomic E-state index is 9.07. The van der Waals surface area contributed by atoms with Gasteiger partial charge in [0, 0.05) is 19.6 Å². The van der Waals surface area contributed by atoms with Crippen molar-refractivity contribution in [2.24, 2.45) is 11.7 Å². The normalized spacial score (nSPS) is 25.4. The molecule has 8 heteroatoms. The first-order valence-corrected chi connectivity index (χ1v) is 6.84. The lowest BCUT2D eigenvalue weighted by molar-refractivity contribution is 0.463. The lowest BCUT2D eigenvalue weighted by atomic mass is 9.97. The standard InChI is InChI=1S/C12H18ClN7/c1-20(11-7-16-6-10(13)17-11)4-2-3-9-8(5-14)12(15)19-18-9/h6-9,12,18-19H,2-4,15H2,1H3. The molecule has 0 radical (unpaired) electrons. The van der Waals surface area contributed by atoms with E-state index in [1.807, 2.05) is 11.9 Å². The number of halogens is 1. The summed E-state index contributed by atoms with van der Waals surface area (Å²) in [6.45, 7) is 0.806. The smallest absolute Gasteiger partial charge is 0.149 e. The summed E-state index contributed by atoms with van der Waals surface area (Å²) in [5.41, 5.74) is 11.7. The number of nitriles is 1. The second-order valence-corrected chi connectivity index (χ2v) is 5.23. The molecule has 2 rings (SSSR count). The van der Waals surface area contributed by atoms with E-state index in [1.54, 1.807) is 6.20 Å². The first kappa shape index (κ1) is 14.9. The molecule has 1 saturated heterocycles. The van der Waals surface area contributed by atoms with Crippen LogP contribution in [0.15, 0.2) is 12.4 Å². The van der Waals surface area contributed by atoms with Crippen LogP contribution in [0.3, 0.4) is 0 Å². The van der Waals surface area contributed by atoms with Crippen LogP contribution < -0.4 is 21.5 Å². The van der Waals surface area contributed by atoms with Gasteiger partial charge in [-0.1, -0.05) is 11.6 Å². The molecule has 0 bridgehead atoms. The zero-order chi connectivity index (χ0) is 14.5. The number of anilines is 1. The molecule has 108 valence electrons. The first-order chi connectivity index (χ1) is 9.61. The van der Waals surface area contributed by atoms with E-state index >= 15 is 0 Å². The predicted octanol–water partition coefficient (Wildman–Crippen LogP) is 0.247. The third-order valence-corrected chi connectivity index (χ3v) is 3.58. The highest BCUT2D eigenvalue weighted by Gasteiger charge is 2.32. The fourth-order valence-corrected chi connectivity index (χ4v) is 2.38. The molecule has 0 amide bonds. The van der Waals surface area contributed by atoms with Crippen LogP contribution in [0.1, 0.15) is 12.8 Å². The molecule has 1 aromatic heterocycles. The Morgan fingerprint density at radius 3 is 3.00 bits per heavy atom. The summed E-state index contributed by atoms with van der Waals surface area (Å²) in [5.74, 6) is 0.537. The maximum Gasteiger partial charge on any atom is 0.149 e. The lowest BCUT2D eigenvalue weighted by Crippen LogP contribution is -2.38. The zero-order valence-electron chi connectivity index (χ0n) is 11.3. The molecule has 2 heterocycles. The number of hydrazine groups is 1. The van der Waals surface area contributed by atoms with Gasteiger partial charge in [-0.15, -0.1) is 0 Å². The van der Waals surface area contributed by atoms with Gasteiger partial charge in [0.15, 0.2) is 0 Å². The van der Waals surface area contributed by atoms with E-state index in [2.05, 4.69) is 26.9 Å². The molecule has 4 N–H and O–H groups in total. The Labute approximate surface area is 123 Å². The molecule has 20 heavy (non-hydrogen) atoms.